The van der Waals surface area contributed by atoms with E-state index in [1.54, 1.807) is 17.0 Å². The van der Waals surface area contributed by atoms with Crippen molar-refractivity contribution in [2.24, 2.45) is 5.92 Å². The van der Waals surface area contributed by atoms with Crippen molar-refractivity contribution in [3.63, 3.8) is 0 Å². The zero-order valence-electron chi connectivity index (χ0n) is 17.3. The number of sulfonamides is 1. The molecule has 1 aromatic carbocycles. The lowest BCUT2D eigenvalue weighted by molar-refractivity contribution is -0.147. The fourth-order valence-electron chi connectivity index (χ4n) is 3.19. The van der Waals surface area contributed by atoms with Crippen LogP contribution in [0.25, 0.3) is 0 Å². The molecule has 166 valence electrons. The average Bonchev–Trinajstić information content (AvgIpc) is 3.32. The molecular weight excluding hydrogens is 440 g/mol. The van der Waals surface area contributed by atoms with Gasteiger partial charge in [0.25, 0.3) is 0 Å². The van der Waals surface area contributed by atoms with E-state index < -0.39 is 28.5 Å². The summed E-state index contributed by atoms with van der Waals surface area (Å²) < 4.78 is 29.8. The third-order valence-corrected chi connectivity index (χ3v) is 6.74. The van der Waals surface area contributed by atoms with Gasteiger partial charge < -0.3 is 9.64 Å². The highest BCUT2D eigenvalue weighted by Crippen LogP contribution is 2.26. The molecule has 1 atom stereocenters. The zero-order valence-corrected chi connectivity index (χ0v) is 18.9. The molecule has 0 aliphatic carbocycles. The summed E-state index contributed by atoms with van der Waals surface area (Å²) in [5.41, 5.74) is 1.81. The molecule has 1 N–H and O–H groups in total. The van der Waals surface area contributed by atoms with Crippen LogP contribution in [0, 0.1) is 12.8 Å². The summed E-state index contributed by atoms with van der Waals surface area (Å²) in [4.78, 5) is 39.9. The van der Waals surface area contributed by atoms with Crippen LogP contribution in [0.1, 0.15) is 26.5 Å². The maximum atomic E-state index is 12.4. The van der Waals surface area contributed by atoms with Crippen LogP contribution in [0.5, 0.6) is 0 Å². The molecule has 0 bridgehead atoms. The van der Waals surface area contributed by atoms with Crippen molar-refractivity contribution in [2.75, 3.05) is 30.9 Å². The number of Topliss-reactive ketones (excluding diaryl/α,β-unsaturated/α-hetero) is 1. The second kappa shape index (κ2) is 9.71. The van der Waals surface area contributed by atoms with Crippen molar-refractivity contribution in [3.8, 4) is 0 Å². The number of hydrogen-bond donors (Lipinski definition) is 1. The van der Waals surface area contributed by atoms with Crippen LogP contribution >= 0.6 is 11.3 Å². The fourth-order valence-corrected chi connectivity index (χ4v) is 4.59. The minimum absolute atomic E-state index is 0.0530. The molecule has 0 spiro atoms. The van der Waals surface area contributed by atoms with E-state index in [0.717, 1.165) is 22.4 Å². The van der Waals surface area contributed by atoms with Gasteiger partial charge in [-0.2, -0.15) is 0 Å². The van der Waals surface area contributed by atoms with Gasteiger partial charge in [0.1, 0.15) is 0 Å². The normalized spacial score (nSPS) is 16.5. The van der Waals surface area contributed by atoms with Crippen molar-refractivity contribution in [3.05, 3.63) is 51.7 Å². The number of carbonyl (C=O) groups excluding carboxylic acids is 3. The number of aryl methyl sites for hydroxylation is 1. The van der Waals surface area contributed by atoms with Crippen molar-refractivity contribution in [2.45, 2.75) is 19.8 Å². The number of ketones is 1. The van der Waals surface area contributed by atoms with Gasteiger partial charge in [0, 0.05) is 30.1 Å². The molecular formula is C21H24N2O6S2. The number of nitrogens with zero attached hydrogens (tertiary/aromatic N) is 1. The number of thiophene rings is 1. The van der Waals surface area contributed by atoms with Gasteiger partial charge in [-0.25, -0.2) is 13.1 Å². The predicted octanol–water partition coefficient (Wildman–Crippen LogP) is 1.93. The minimum Gasteiger partial charge on any atom is -0.457 e. The number of esters is 1. The highest BCUT2D eigenvalue weighted by molar-refractivity contribution is 7.88. The van der Waals surface area contributed by atoms with Crippen molar-refractivity contribution in [1.82, 2.24) is 4.72 Å². The molecule has 1 aromatic heterocycles. The van der Waals surface area contributed by atoms with Crippen LogP contribution in [-0.4, -0.2) is 52.0 Å². The number of benzene rings is 1. The molecule has 3 rings (SSSR count). The number of anilines is 1. The lowest BCUT2D eigenvalue weighted by Gasteiger charge is -2.16. The quantitative estimate of drug-likeness (QED) is 0.449. The van der Waals surface area contributed by atoms with Gasteiger partial charge in [0.2, 0.25) is 21.7 Å². The number of carbonyl (C=O) groups is 3. The predicted molar refractivity (Wildman–Crippen MR) is 118 cm³/mol. The monoisotopic (exact) mass is 464 g/mol. The first-order valence-electron chi connectivity index (χ1n) is 9.72. The largest absolute Gasteiger partial charge is 0.457 e. The van der Waals surface area contributed by atoms with Gasteiger partial charge in [-0.05, 0) is 37.6 Å². The van der Waals surface area contributed by atoms with Crippen LogP contribution in [0.3, 0.4) is 0 Å². The Morgan fingerprint density at radius 2 is 1.90 bits per heavy atom. The molecule has 8 nitrogen and oxygen atoms in total. The van der Waals surface area contributed by atoms with Gasteiger partial charge in [0.15, 0.2) is 6.61 Å². The second-order valence-electron chi connectivity index (χ2n) is 7.45. The zero-order chi connectivity index (χ0) is 22.6. The lowest BCUT2D eigenvalue weighted by atomic mass is 10.1. The maximum absolute atomic E-state index is 12.4. The third-order valence-electron chi connectivity index (χ3n) is 4.82. The van der Waals surface area contributed by atoms with E-state index in [4.69, 9.17) is 4.74 Å². The van der Waals surface area contributed by atoms with Gasteiger partial charge in [-0.15, -0.1) is 11.3 Å². The molecule has 2 aromatic rings. The summed E-state index contributed by atoms with van der Waals surface area (Å²) in [5, 5.41) is 0. The fraction of sp³-hybridized carbons (Fsp3) is 0.381. The van der Waals surface area contributed by atoms with E-state index in [1.165, 1.54) is 11.3 Å². The Morgan fingerprint density at radius 1 is 1.19 bits per heavy atom. The smallest absolute Gasteiger partial charge is 0.311 e. The van der Waals surface area contributed by atoms with Gasteiger partial charge in [-0.3, -0.25) is 14.4 Å². The second-order valence-corrected chi connectivity index (χ2v) is 10.5. The first kappa shape index (κ1) is 23.1. The molecule has 1 unspecified atom stereocenters. The van der Waals surface area contributed by atoms with Crippen LogP contribution in [0.4, 0.5) is 5.69 Å². The minimum atomic E-state index is -3.26. The SMILES string of the molecule is Cc1ccc(N2CC(C(=O)OCC(=O)c3ccc(CCNS(C)(=O)=O)s3)CC2=O)cc1. The molecule has 1 fully saturated rings. The summed E-state index contributed by atoms with van der Waals surface area (Å²) in [5.74, 6) is -1.66. The molecule has 1 saturated heterocycles. The Bertz CT molecular complexity index is 1080. The van der Waals surface area contributed by atoms with Crippen LogP contribution in [0.2, 0.25) is 0 Å². The topological polar surface area (TPSA) is 110 Å². The summed E-state index contributed by atoms with van der Waals surface area (Å²) in [6.07, 6.45) is 1.60. The molecule has 31 heavy (non-hydrogen) atoms. The highest BCUT2D eigenvalue weighted by atomic mass is 32.2. The Labute approximate surface area is 185 Å². The molecule has 1 aliphatic rings. The average molecular weight is 465 g/mol. The van der Waals surface area contributed by atoms with Gasteiger partial charge in [-0.1, -0.05) is 17.7 Å². The van der Waals surface area contributed by atoms with Crippen LogP contribution < -0.4 is 9.62 Å². The first-order chi connectivity index (χ1) is 14.6. The summed E-state index contributed by atoms with van der Waals surface area (Å²) >= 11 is 1.24. The van der Waals surface area contributed by atoms with E-state index in [9.17, 15) is 22.8 Å². The van der Waals surface area contributed by atoms with Gasteiger partial charge in [0.05, 0.1) is 17.1 Å². The first-order valence-corrected chi connectivity index (χ1v) is 12.4. The maximum Gasteiger partial charge on any atom is 0.311 e. The van der Waals surface area contributed by atoms with E-state index >= 15 is 0 Å². The van der Waals surface area contributed by atoms with E-state index in [2.05, 4.69) is 4.72 Å². The Hall–Kier alpha value is -2.56. The Kier molecular flexibility index (Phi) is 7.24. The molecule has 1 aliphatic heterocycles. The lowest BCUT2D eigenvalue weighted by Crippen LogP contribution is -2.27. The number of ether oxygens (including phenoxy) is 1. The van der Waals surface area contributed by atoms with E-state index in [-0.39, 0.29) is 31.2 Å². The van der Waals surface area contributed by atoms with E-state index in [0.29, 0.717) is 11.3 Å². The van der Waals surface area contributed by atoms with Crippen molar-refractivity contribution >= 4 is 44.7 Å². The standard InChI is InChI=1S/C21H24N2O6S2/c1-14-3-5-16(6-4-14)23-12-15(11-20(23)25)21(26)29-13-18(24)19-8-7-17(30-19)9-10-22-31(2,27)28/h3-8,15,22H,9-13H2,1-2H3. The van der Waals surface area contributed by atoms with Gasteiger partial charge >= 0.3 is 5.97 Å². The summed E-state index contributed by atoms with van der Waals surface area (Å²) in [6.45, 7) is 2.03. The molecule has 0 radical (unpaired) electrons. The summed E-state index contributed by atoms with van der Waals surface area (Å²) in [7, 11) is -3.26. The molecule has 10 heteroatoms. The van der Waals surface area contributed by atoms with Crippen LogP contribution in [-0.2, 0) is 30.8 Å². The number of hydrogen-bond acceptors (Lipinski definition) is 7. The third kappa shape index (κ3) is 6.46. The van der Waals surface area contributed by atoms with Crippen molar-refractivity contribution in [1.29, 1.82) is 0 Å². The summed E-state index contributed by atoms with van der Waals surface area (Å²) in [6, 6.07) is 10.9. The molecule has 2 heterocycles. The Balaban J connectivity index is 1.49. The highest BCUT2D eigenvalue weighted by Gasteiger charge is 2.36. The number of rotatable bonds is 9. The molecule has 1 amide bonds. The van der Waals surface area contributed by atoms with Crippen LogP contribution in [0.15, 0.2) is 36.4 Å². The number of amides is 1. The van der Waals surface area contributed by atoms with Crippen molar-refractivity contribution < 1.29 is 27.5 Å². The van der Waals surface area contributed by atoms with E-state index in [1.807, 2.05) is 31.2 Å². The Morgan fingerprint density at radius 3 is 2.58 bits per heavy atom. The molecule has 0 saturated carbocycles. The number of nitrogens with one attached hydrogen (secondary N) is 1.